The Morgan fingerprint density at radius 1 is 1.17 bits per heavy atom. The number of hydrogen-bond acceptors (Lipinski definition) is 4. The highest BCUT2D eigenvalue weighted by Crippen LogP contribution is 2.25. The van der Waals surface area contributed by atoms with Crippen molar-refractivity contribution in [1.82, 2.24) is 0 Å². The molecule has 0 radical (unpaired) electrons. The summed E-state index contributed by atoms with van der Waals surface area (Å²) in [5, 5.41) is 21.1. The summed E-state index contributed by atoms with van der Waals surface area (Å²) in [6.45, 7) is 1.31. The van der Waals surface area contributed by atoms with Crippen molar-refractivity contribution in [3.05, 3.63) is 59.9 Å². The fraction of sp³-hybridized carbons (Fsp3) is 0.235. The average molecular weight is 319 g/mol. The van der Waals surface area contributed by atoms with Gasteiger partial charge in [-0.2, -0.15) is 0 Å². The fourth-order valence-electron chi connectivity index (χ4n) is 1.97. The molecule has 0 atom stereocenters. The van der Waals surface area contributed by atoms with E-state index in [1.165, 1.54) is 18.2 Å². The Hall–Kier alpha value is -2.44. The molecule has 3 N–H and O–H groups in total. The van der Waals surface area contributed by atoms with Crippen LogP contribution >= 0.6 is 0 Å². The number of carbonyl (C=O) groups excluding carboxylic acids is 1. The van der Waals surface area contributed by atoms with Gasteiger partial charge in [0.1, 0.15) is 11.6 Å². The molecule has 0 fully saturated rings. The molecule has 2 rings (SSSR count). The van der Waals surface area contributed by atoms with E-state index in [2.05, 4.69) is 5.32 Å². The van der Waals surface area contributed by atoms with E-state index in [-0.39, 0.29) is 13.2 Å². The molecule has 122 valence electrons. The Morgan fingerprint density at radius 3 is 2.39 bits per heavy atom. The number of aliphatic hydroxyl groups excluding tert-OH is 2. The SMILES string of the molecule is CC(CO)(CO)c1ccc(OC(=O)Nc2cccc(F)c2)cc1. The van der Waals surface area contributed by atoms with Crippen molar-refractivity contribution in [2.75, 3.05) is 18.5 Å². The van der Waals surface area contributed by atoms with E-state index < -0.39 is 17.3 Å². The number of anilines is 1. The number of carbonyl (C=O) groups is 1. The van der Waals surface area contributed by atoms with Crippen molar-refractivity contribution < 1.29 is 24.1 Å². The highest BCUT2D eigenvalue weighted by molar-refractivity contribution is 5.86. The van der Waals surface area contributed by atoms with E-state index >= 15 is 0 Å². The maximum atomic E-state index is 13.0. The molecule has 0 saturated heterocycles. The standard InChI is InChI=1S/C17H18FNO4/c1-17(10-20,11-21)12-5-7-15(8-6-12)23-16(22)19-14-4-2-3-13(18)9-14/h2-9,20-21H,10-11H2,1H3,(H,19,22). The van der Waals surface area contributed by atoms with Gasteiger partial charge in [-0.15, -0.1) is 0 Å². The molecule has 0 aliphatic rings. The number of rotatable bonds is 5. The van der Waals surface area contributed by atoms with Crippen LogP contribution in [0.25, 0.3) is 0 Å². The molecule has 1 amide bonds. The van der Waals surface area contributed by atoms with Crippen LogP contribution in [0.15, 0.2) is 48.5 Å². The minimum atomic E-state index is -0.762. The molecule has 0 saturated carbocycles. The van der Waals surface area contributed by atoms with Gasteiger partial charge >= 0.3 is 6.09 Å². The zero-order valence-electron chi connectivity index (χ0n) is 12.6. The van der Waals surface area contributed by atoms with Gasteiger partial charge in [-0.1, -0.05) is 25.1 Å². The van der Waals surface area contributed by atoms with Crippen molar-refractivity contribution in [1.29, 1.82) is 0 Å². The number of benzene rings is 2. The molecule has 0 aliphatic heterocycles. The lowest BCUT2D eigenvalue weighted by molar-refractivity contribution is 0.129. The van der Waals surface area contributed by atoms with Crippen LogP contribution in [0, 0.1) is 5.82 Å². The molecule has 23 heavy (non-hydrogen) atoms. The number of halogens is 1. The zero-order valence-corrected chi connectivity index (χ0v) is 12.6. The van der Waals surface area contributed by atoms with Crippen LogP contribution in [0.4, 0.5) is 14.9 Å². The van der Waals surface area contributed by atoms with Crippen LogP contribution in [0.3, 0.4) is 0 Å². The third-order valence-electron chi connectivity index (χ3n) is 3.53. The summed E-state index contributed by atoms with van der Waals surface area (Å²) in [4.78, 5) is 11.8. The smallest absolute Gasteiger partial charge is 0.410 e. The highest BCUT2D eigenvalue weighted by atomic mass is 19.1. The second-order valence-corrected chi connectivity index (χ2v) is 5.43. The van der Waals surface area contributed by atoms with Crippen LogP contribution < -0.4 is 10.1 Å². The quantitative estimate of drug-likeness (QED) is 0.792. The fourth-order valence-corrected chi connectivity index (χ4v) is 1.97. The lowest BCUT2D eigenvalue weighted by Crippen LogP contribution is -2.30. The molecular formula is C17H18FNO4. The number of amides is 1. The van der Waals surface area contributed by atoms with Crippen molar-refractivity contribution in [2.24, 2.45) is 0 Å². The summed E-state index contributed by atoms with van der Waals surface area (Å²) in [5.74, 6) is -0.166. The van der Waals surface area contributed by atoms with Crippen molar-refractivity contribution in [3.8, 4) is 5.75 Å². The minimum absolute atomic E-state index is 0.205. The third kappa shape index (κ3) is 4.28. The number of hydrogen-bond donors (Lipinski definition) is 3. The Balaban J connectivity index is 2.02. The minimum Gasteiger partial charge on any atom is -0.410 e. The van der Waals surface area contributed by atoms with Crippen molar-refractivity contribution in [3.63, 3.8) is 0 Å². The Morgan fingerprint density at radius 2 is 1.83 bits per heavy atom. The molecular weight excluding hydrogens is 301 g/mol. The number of aliphatic hydroxyl groups is 2. The number of ether oxygens (including phenoxy) is 1. The van der Waals surface area contributed by atoms with Crippen molar-refractivity contribution in [2.45, 2.75) is 12.3 Å². The predicted octanol–water partition coefficient (Wildman–Crippen LogP) is 2.68. The van der Waals surface area contributed by atoms with Gasteiger partial charge in [-0.25, -0.2) is 9.18 Å². The van der Waals surface area contributed by atoms with Gasteiger partial charge < -0.3 is 14.9 Å². The molecule has 0 aromatic heterocycles. The summed E-state index contributed by atoms with van der Waals surface area (Å²) in [6.07, 6.45) is -0.740. The van der Waals surface area contributed by atoms with Gasteiger partial charge in [0.2, 0.25) is 0 Å². The highest BCUT2D eigenvalue weighted by Gasteiger charge is 2.24. The van der Waals surface area contributed by atoms with E-state index in [1.807, 2.05) is 0 Å². The first kappa shape index (κ1) is 16.9. The van der Waals surface area contributed by atoms with E-state index in [0.29, 0.717) is 11.4 Å². The molecule has 2 aromatic rings. The molecule has 0 aliphatic carbocycles. The topological polar surface area (TPSA) is 78.8 Å². The molecule has 0 bridgehead atoms. The van der Waals surface area contributed by atoms with Gasteiger partial charge in [-0.05, 0) is 35.9 Å². The second kappa shape index (κ2) is 7.21. The first-order chi connectivity index (χ1) is 11.0. The summed E-state index contributed by atoms with van der Waals surface area (Å²) in [7, 11) is 0. The van der Waals surface area contributed by atoms with Gasteiger partial charge in [0.05, 0.1) is 13.2 Å². The molecule has 0 heterocycles. The molecule has 6 heteroatoms. The maximum absolute atomic E-state index is 13.0. The van der Waals surface area contributed by atoms with E-state index in [9.17, 15) is 19.4 Å². The summed E-state index contributed by atoms with van der Waals surface area (Å²) in [5.41, 5.74) is 0.252. The molecule has 0 spiro atoms. The zero-order chi connectivity index (χ0) is 16.9. The lowest BCUT2D eigenvalue weighted by Gasteiger charge is -2.25. The Kier molecular flexibility index (Phi) is 5.31. The first-order valence-corrected chi connectivity index (χ1v) is 7.03. The summed E-state index contributed by atoms with van der Waals surface area (Å²) >= 11 is 0. The predicted molar refractivity (Wildman–Crippen MR) is 84.0 cm³/mol. The van der Waals surface area contributed by atoms with E-state index in [1.54, 1.807) is 37.3 Å². The second-order valence-electron chi connectivity index (χ2n) is 5.43. The average Bonchev–Trinajstić information content (AvgIpc) is 2.54. The van der Waals surface area contributed by atoms with Gasteiger partial charge in [0, 0.05) is 11.1 Å². The first-order valence-electron chi connectivity index (χ1n) is 7.03. The Bertz CT molecular complexity index is 669. The number of nitrogens with one attached hydrogen (secondary N) is 1. The maximum Gasteiger partial charge on any atom is 0.417 e. The van der Waals surface area contributed by atoms with Crippen molar-refractivity contribution >= 4 is 11.8 Å². The molecule has 2 aromatic carbocycles. The normalized spacial score (nSPS) is 11.1. The van der Waals surface area contributed by atoms with Crippen LogP contribution in [0.1, 0.15) is 12.5 Å². The van der Waals surface area contributed by atoms with Crippen LogP contribution in [0.2, 0.25) is 0 Å². The van der Waals surface area contributed by atoms with Crippen LogP contribution in [0.5, 0.6) is 5.75 Å². The third-order valence-corrected chi connectivity index (χ3v) is 3.53. The molecule has 0 unspecified atom stereocenters. The summed E-state index contributed by atoms with van der Waals surface area (Å²) < 4.78 is 18.1. The summed E-state index contributed by atoms with van der Waals surface area (Å²) in [6, 6.07) is 11.9. The largest absolute Gasteiger partial charge is 0.417 e. The molecule has 5 nitrogen and oxygen atoms in total. The Labute approximate surface area is 133 Å². The van der Waals surface area contributed by atoms with Gasteiger partial charge in [0.15, 0.2) is 0 Å². The van der Waals surface area contributed by atoms with E-state index in [4.69, 9.17) is 4.74 Å². The monoisotopic (exact) mass is 319 g/mol. The van der Waals surface area contributed by atoms with Gasteiger partial charge in [-0.3, -0.25) is 5.32 Å². The van der Waals surface area contributed by atoms with Crippen LogP contribution in [-0.2, 0) is 5.41 Å². The van der Waals surface area contributed by atoms with E-state index in [0.717, 1.165) is 5.56 Å². The van der Waals surface area contributed by atoms with Gasteiger partial charge in [0.25, 0.3) is 0 Å². The van der Waals surface area contributed by atoms with Crippen LogP contribution in [-0.4, -0.2) is 29.5 Å². The lowest BCUT2D eigenvalue weighted by atomic mass is 9.84.